The van der Waals surface area contributed by atoms with E-state index >= 15 is 0 Å². The number of hydrogen-bond acceptors (Lipinski definition) is 3. The smallest absolute Gasteiger partial charge is 0.130 e. The first-order valence-electron chi connectivity index (χ1n) is 6.08. The number of benzene rings is 2. The SMILES string of the molecule is COc1cccc(C(O)=C2COc3ccccc32)c1. The first-order valence-corrected chi connectivity index (χ1v) is 6.08. The highest BCUT2D eigenvalue weighted by atomic mass is 16.5. The number of hydrogen-bond donors (Lipinski definition) is 1. The molecule has 0 unspecified atom stereocenters. The summed E-state index contributed by atoms with van der Waals surface area (Å²) in [6.07, 6.45) is 0. The second-order valence-corrected chi connectivity index (χ2v) is 4.34. The van der Waals surface area contributed by atoms with E-state index in [2.05, 4.69) is 0 Å². The predicted molar refractivity (Wildman–Crippen MR) is 74.4 cm³/mol. The van der Waals surface area contributed by atoms with E-state index in [1.54, 1.807) is 7.11 Å². The van der Waals surface area contributed by atoms with Gasteiger partial charge in [-0.3, -0.25) is 0 Å². The number of methoxy groups -OCH3 is 1. The molecule has 3 heteroatoms. The Balaban J connectivity index is 2.08. The highest BCUT2D eigenvalue weighted by molar-refractivity contribution is 5.91. The van der Waals surface area contributed by atoms with Crippen molar-refractivity contribution < 1.29 is 14.6 Å². The van der Waals surface area contributed by atoms with Gasteiger partial charge in [0.05, 0.1) is 7.11 Å². The Morgan fingerprint density at radius 3 is 2.84 bits per heavy atom. The summed E-state index contributed by atoms with van der Waals surface area (Å²) in [6, 6.07) is 15.1. The maximum Gasteiger partial charge on any atom is 0.130 e. The Bertz CT molecular complexity index is 644. The van der Waals surface area contributed by atoms with Crippen molar-refractivity contribution in [1.29, 1.82) is 0 Å². The van der Waals surface area contributed by atoms with Crippen molar-refractivity contribution in [2.45, 2.75) is 0 Å². The van der Waals surface area contributed by atoms with Crippen molar-refractivity contribution in [3.05, 3.63) is 59.7 Å². The second-order valence-electron chi connectivity index (χ2n) is 4.34. The molecule has 1 aliphatic rings. The normalized spacial score (nSPS) is 15.6. The number of ether oxygens (including phenoxy) is 2. The zero-order valence-electron chi connectivity index (χ0n) is 10.6. The minimum Gasteiger partial charge on any atom is -0.507 e. The molecule has 0 fully saturated rings. The summed E-state index contributed by atoms with van der Waals surface area (Å²) >= 11 is 0. The summed E-state index contributed by atoms with van der Waals surface area (Å²) in [5.74, 6) is 1.77. The van der Waals surface area contributed by atoms with Gasteiger partial charge in [-0.15, -0.1) is 0 Å². The van der Waals surface area contributed by atoms with Gasteiger partial charge in [0, 0.05) is 16.7 Å². The van der Waals surface area contributed by atoms with Crippen LogP contribution in [0.25, 0.3) is 11.3 Å². The van der Waals surface area contributed by atoms with E-state index in [0.717, 1.165) is 28.2 Å². The van der Waals surface area contributed by atoms with Crippen LogP contribution in [0.15, 0.2) is 48.5 Å². The van der Waals surface area contributed by atoms with E-state index in [0.29, 0.717) is 6.61 Å². The third kappa shape index (κ3) is 2.03. The molecule has 96 valence electrons. The number of aliphatic hydroxyl groups excluding tert-OH is 1. The number of aliphatic hydroxyl groups is 1. The summed E-state index contributed by atoms with van der Waals surface area (Å²) < 4.78 is 10.7. The molecular weight excluding hydrogens is 240 g/mol. The quantitative estimate of drug-likeness (QED) is 0.833. The third-order valence-electron chi connectivity index (χ3n) is 3.21. The highest BCUT2D eigenvalue weighted by Gasteiger charge is 2.21. The maximum absolute atomic E-state index is 10.4. The minimum absolute atomic E-state index is 0.240. The average molecular weight is 254 g/mol. The van der Waals surface area contributed by atoms with E-state index in [4.69, 9.17) is 9.47 Å². The number of rotatable bonds is 2. The van der Waals surface area contributed by atoms with Crippen LogP contribution in [-0.4, -0.2) is 18.8 Å². The molecule has 19 heavy (non-hydrogen) atoms. The van der Waals surface area contributed by atoms with Crippen LogP contribution >= 0.6 is 0 Å². The topological polar surface area (TPSA) is 38.7 Å². The largest absolute Gasteiger partial charge is 0.507 e. The van der Waals surface area contributed by atoms with Gasteiger partial charge in [0.2, 0.25) is 0 Å². The van der Waals surface area contributed by atoms with Crippen LogP contribution in [0.5, 0.6) is 11.5 Å². The minimum atomic E-state index is 0.240. The van der Waals surface area contributed by atoms with Gasteiger partial charge in [-0.1, -0.05) is 30.3 Å². The fraction of sp³-hybridized carbons (Fsp3) is 0.125. The molecule has 0 saturated heterocycles. The third-order valence-corrected chi connectivity index (χ3v) is 3.21. The van der Waals surface area contributed by atoms with Crippen molar-refractivity contribution in [3.8, 4) is 11.5 Å². The standard InChI is InChI=1S/C16H14O3/c1-18-12-6-4-5-11(9-12)16(17)14-10-19-15-8-3-2-7-13(14)15/h2-9,17H,10H2,1H3. The van der Waals surface area contributed by atoms with Gasteiger partial charge in [0.25, 0.3) is 0 Å². The fourth-order valence-electron chi connectivity index (χ4n) is 2.21. The van der Waals surface area contributed by atoms with Crippen molar-refractivity contribution in [2.24, 2.45) is 0 Å². The molecule has 1 N–H and O–H groups in total. The Kier molecular flexibility index (Phi) is 2.88. The van der Waals surface area contributed by atoms with Crippen molar-refractivity contribution in [1.82, 2.24) is 0 Å². The lowest BCUT2D eigenvalue weighted by Gasteiger charge is -2.06. The lowest BCUT2D eigenvalue weighted by atomic mass is 10.0. The highest BCUT2D eigenvalue weighted by Crippen LogP contribution is 2.37. The van der Waals surface area contributed by atoms with Gasteiger partial charge in [-0.25, -0.2) is 0 Å². The van der Waals surface area contributed by atoms with Gasteiger partial charge in [-0.2, -0.15) is 0 Å². The van der Waals surface area contributed by atoms with Crippen LogP contribution < -0.4 is 9.47 Å². The van der Waals surface area contributed by atoms with Gasteiger partial charge in [0.15, 0.2) is 0 Å². The van der Waals surface area contributed by atoms with Crippen LogP contribution in [0.3, 0.4) is 0 Å². The molecule has 0 radical (unpaired) electrons. The van der Waals surface area contributed by atoms with E-state index in [-0.39, 0.29) is 5.76 Å². The van der Waals surface area contributed by atoms with E-state index < -0.39 is 0 Å². The van der Waals surface area contributed by atoms with Crippen LogP contribution in [0.4, 0.5) is 0 Å². The van der Waals surface area contributed by atoms with Crippen molar-refractivity contribution in [2.75, 3.05) is 13.7 Å². The van der Waals surface area contributed by atoms with Gasteiger partial charge in [0.1, 0.15) is 23.9 Å². The molecular formula is C16H14O3. The fourth-order valence-corrected chi connectivity index (χ4v) is 2.21. The molecule has 0 aliphatic carbocycles. The molecule has 0 amide bonds. The van der Waals surface area contributed by atoms with Gasteiger partial charge < -0.3 is 14.6 Å². The average Bonchev–Trinajstić information content (AvgIpc) is 2.90. The Morgan fingerprint density at radius 1 is 1.16 bits per heavy atom. The molecule has 0 aromatic heterocycles. The number of fused-ring (bicyclic) bond motifs is 1. The molecule has 3 nitrogen and oxygen atoms in total. The molecule has 1 heterocycles. The Morgan fingerprint density at radius 2 is 2.00 bits per heavy atom. The monoisotopic (exact) mass is 254 g/mol. The van der Waals surface area contributed by atoms with Crippen molar-refractivity contribution >= 4 is 11.3 Å². The predicted octanol–water partition coefficient (Wildman–Crippen LogP) is 3.51. The Hall–Kier alpha value is -2.42. The molecule has 2 aromatic carbocycles. The molecule has 1 aliphatic heterocycles. The van der Waals surface area contributed by atoms with Crippen LogP contribution in [-0.2, 0) is 0 Å². The summed E-state index contributed by atoms with van der Waals surface area (Å²) in [7, 11) is 1.61. The summed E-state index contributed by atoms with van der Waals surface area (Å²) in [5.41, 5.74) is 2.49. The lowest BCUT2D eigenvalue weighted by Crippen LogP contribution is -1.94. The molecule has 0 spiro atoms. The zero-order valence-corrected chi connectivity index (χ0v) is 10.6. The van der Waals surface area contributed by atoms with Crippen LogP contribution in [0.1, 0.15) is 11.1 Å². The molecule has 0 bridgehead atoms. The Labute approximate surface area is 111 Å². The summed E-state index contributed by atoms with van der Waals surface area (Å²) in [5, 5.41) is 10.4. The van der Waals surface area contributed by atoms with E-state index in [1.807, 2.05) is 48.5 Å². The van der Waals surface area contributed by atoms with Crippen LogP contribution in [0, 0.1) is 0 Å². The molecule has 0 atom stereocenters. The zero-order chi connectivity index (χ0) is 13.2. The molecule has 3 rings (SSSR count). The first kappa shape index (κ1) is 11.7. The number of para-hydroxylation sites is 1. The van der Waals surface area contributed by atoms with Crippen molar-refractivity contribution in [3.63, 3.8) is 0 Å². The van der Waals surface area contributed by atoms with Gasteiger partial charge >= 0.3 is 0 Å². The van der Waals surface area contributed by atoms with E-state index in [1.165, 1.54) is 0 Å². The maximum atomic E-state index is 10.4. The summed E-state index contributed by atoms with van der Waals surface area (Å²) in [4.78, 5) is 0. The summed E-state index contributed by atoms with van der Waals surface area (Å²) in [6.45, 7) is 0.391. The van der Waals surface area contributed by atoms with Crippen LogP contribution in [0.2, 0.25) is 0 Å². The first-order chi connectivity index (χ1) is 9.29. The second kappa shape index (κ2) is 4.69. The van der Waals surface area contributed by atoms with Gasteiger partial charge in [-0.05, 0) is 18.2 Å². The molecule has 2 aromatic rings. The van der Waals surface area contributed by atoms with E-state index in [9.17, 15) is 5.11 Å². The molecule has 0 saturated carbocycles. The lowest BCUT2D eigenvalue weighted by molar-refractivity contribution is 0.386.